The number of hydrogen-bond donors (Lipinski definition) is 0. The highest BCUT2D eigenvalue weighted by atomic mass is 16.5. The SMILES string of the molecule is COC(=O)C1CCN(C(=O)CN2CCC[C@H]2c2nnc3ccccn23)CC1. The molecular formula is C19H25N5O3. The monoisotopic (exact) mass is 371 g/mol. The fraction of sp³-hybridized carbons (Fsp3) is 0.579. The maximum atomic E-state index is 12.8. The fourth-order valence-corrected chi connectivity index (χ4v) is 4.20. The Bertz CT molecular complexity index is 828. The van der Waals surface area contributed by atoms with Crippen molar-refractivity contribution in [2.75, 3.05) is 33.3 Å². The summed E-state index contributed by atoms with van der Waals surface area (Å²) in [5.74, 6) is 0.778. The number of ether oxygens (including phenoxy) is 1. The number of nitrogens with zero attached hydrogens (tertiary/aromatic N) is 5. The Balaban J connectivity index is 1.40. The minimum Gasteiger partial charge on any atom is -0.469 e. The predicted octanol–water partition coefficient (Wildman–Crippen LogP) is 1.28. The van der Waals surface area contributed by atoms with Gasteiger partial charge in [-0.15, -0.1) is 10.2 Å². The van der Waals surface area contributed by atoms with E-state index in [0.717, 1.165) is 30.9 Å². The van der Waals surface area contributed by atoms with Gasteiger partial charge in [-0.1, -0.05) is 6.07 Å². The van der Waals surface area contributed by atoms with Crippen LogP contribution in [0.15, 0.2) is 24.4 Å². The molecule has 0 radical (unpaired) electrons. The standard InChI is InChI=1S/C19H25N5O3/c1-27-19(26)14-7-11-22(12-8-14)17(25)13-23-9-4-5-15(23)18-21-20-16-6-2-3-10-24(16)18/h2-3,6,10,14-15H,4-5,7-9,11-13H2,1H3/t15-/m0/s1. The molecule has 1 atom stereocenters. The zero-order valence-electron chi connectivity index (χ0n) is 15.6. The number of piperidine rings is 1. The molecule has 0 spiro atoms. The number of carbonyl (C=O) groups is 2. The van der Waals surface area contributed by atoms with Crippen molar-refractivity contribution in [2.45, 2.75) is 31.7 Å². The van der Waals surface area contributed by atoms with Crippen LogP contribution in [0, 0.1) is 5.92 Å². The summed E-state index contributed by atoms with van der Waals surface area (Å²) in [6, 6.07) is 5.96. The minimum absolute atomic E-state index is 0.0825. The molecule has 2 aromatic heterocycles. The second-order valence-electron chi connectivity index (χ2n) is 7.29. The van der Waals surface area contributed by atoms with E-state index in [9.17, 15) is 9.59 Å². The molecule has 0 saturated carbocycles. The molecule has 1 amide bonds. The molecule has 8 heteroatoms. The maximum absolute atomic E-state index is 12.8. The molecule has 0 N–H and O–H groups in total. The van der Waals surface area contributed by atoms with Crippen molar-refractivity contribution in [2.24, 2.45) is 5.92 Å². The first-order chi connectivity index (χ1) is 13.2. The maximum Gasteiger partial charge on any atom is 0.308 e. The Labute approximate surface area is 158 Å². The molecule has 2 aliphatic heterocycles. The van der Waals surface area contributed by atoms with Crippen LogP contribution in [-0.4, -0.2) is 69.6 Å². The average Bonchev–Trinajstić information content (AvgIpc) is 3.33. The molecule has 2 aromatic rings. The van der Waals surface area contributed by atoms with Crippen LogP contribution in [-0.2, 0) is 14.3 Å². The topological polar surface area (TPSA) is 80.0 Å². The number of rotatable bonds is 4. The van der Waals surface area contributed by atoms with Crippen molar-refractivity contribution >= 4 is 17.5 Å². The van der Waals surface area contributed by atoms with Crippen LogP contribution in [0.2, 0.25) is 0 Å². The Morgan fingerprint density at radius 3 is 2.74 bits per heavy atom. The van der Waals surface area contributed by atoms with E-state index in [2.05, 4.69) is 15.1 Å². The highest BCUT2D eigenvalue weighted by Crippen LogP contribution is 2.31. The molecule has 0 aromatic carbocycles. The van der Waals surface area contributed by atoms with Crippen molar-refractivity contribution in [3.05, 3.63) is 30.2 Å². The van der Waals surface area contributed by atoms with Crippen LogP contribution >= 0.6 is 0 Å². The normalized spacial score (nSPS) is 21.7. The van der Waals surface area contributed by atoms with Gasteiger partial charge >= 0.3 is 5.97 Å². The van der Waals surface area contributed by atoms with Gasteiger partial charge in [-0.05, 0) is 44.4 Å². The summed E-state index contributed by atoms with van der Waals surface area (Å²) in [5, 5.41) is 8.63. The van der Waals surface area contributed by atoms with Crippen LogP contribution in [0.3, 0.4) is 0 Å². The number of aromatic nitrogens is 3. The first-order valence-corrected chi connectivity index (χ1v) is 9.56. The van der Waals surface area contributed by atoms with Gasteiger partial charge in [0.1, 0.15) is 0 Å². The molecule has 0 unspecified atom stereocenters. The van der Waals surface area contributed by atoms with Crippen molar-refractivity contribution in [1.29, 1.82) is 0 Å². The highest BCUT2D eigenvalue weighted by Gasteiger charge is 2.33. The van der Waals surface area contributed by atoms with Crippen molar-refractivity contribution in [1.82, 2.24) is 24.4 Å². The number of likely N-dealkylation sites (tertiary alicyclic amines) is 2. The lowest BCUT2D eigenvalue weighted by Gasteiger charge is -2.32. The molecule has 144 valence electrons. The summed E-state index contributed by atoms with van der Waals surface area (Å²) in [7, 11) is 1.42. The molecule has 4 rings (SSSR count). The highest BCUT2D eigenvalue weighted by molar-refractivity contribution is 5.79. The molecule has 0 bridgehead atoms. The Morgan fingerprint density at radius 2 is 1.96 bits per heavy atom. The number of amides is 1. The molecule has 0 aliphatic carbocycles. The number of methoxy groups -OCH3 is 1. The van der Waals surface area contributed by atoms with Crippen LogP contribution < -0.4 is 0 Å². The third-order valence-corrected chi connectivity index (χ3v) is 5.72. The van der Waals surface area contributed by atoms with Gasteiger partial charge in [0.25, 0.3) is 0 Å². The number of carbonyl (C=O) groups excluding carboxylic acids is 2. The first-order valence-electron chi connectivity index (χ1n) is 9.56. The van der Waals surface area contributed by atoms with E-state index in [1.165, 1.54) is 7.11 Å². The van der Waals surface area contributed by atoms with Crippen molar-refractivity contribution < 1.29 is 14.3 Å². The lowest BCUT2D eigenvalue weighted by molar-refractivity contribution is -0.149. The Kier molecular flexibility index (Phi) is 5.07. The van der Waals surface area contributed by atoms with Gasteiger partial charge in [0.2, 0.25) is 5.91 Å². The molecule has 8 nitrogen and oxygen atoms in total. The van der Waals surface area contributed by atoms with Gasteiger partial charge < -0.3 is 9.64 Å². The van der Waals surface area contributed by atoms with Crippen molar-refractivity contribution in [3.63, 3.8) is 0 Å². The minimum atomic E-state index is -0.166. The molecular weight excluding hydrogens is 346 g/mol. The van der Waals surface area contributed by atoms with Gasteiger partial charge in [0.05, 0.1) is 25.6 Å². The van der Waals surface area contributed by atoms with Crippen LogP contribution in [0.1, 0.15) is 37.5 Å². The lowest BCUT2D eigenvalue weighted by atomic mass is 9.97. The zero-order valence-corrected chi connectivity index (χ0v) is 15.6. The zero-order chi connectivity index (χ0) is 18.8. The summed E-state index contributed by atoms with van der Waals surface area (Å²) >= 11 is 0. The number of hydrogen-bond acceptors (Lipinski definition) is 6. The lowest BCUT2D eigenvalue weighted by Crippen LogP contribution is -2.45. The summed E-state index contributed by atoms with van der Waals surface area (Å²) in [6.45, 7) is 2.50. The van der Waals surface area contributed by atoms with E-state index in [-0.39, 0.29) is 23.8 Å². The molecule has 2 saturated heterocycles. The summed E-state index contributed by atoms with van der Waals surface area (Å²) in [4.78, 5) is 28.5. The second kappa shape index (κ2) is 7.64. The van der Waals surface area contributed by atoms with E-state index in [1.807, 2.05) is 33.7 Å². The number of pyridine rings is 1. The van der Waals surface area contributed by atoms with Gasteiger partial charge in [0.15, 0.2) is 11.5 Å². The number of esters is 1. The number of fused-ring (bicyclic) bond motifs is 1. The summed E-state index contributed by atoms with van der Waals surface area (Å²) < 4.78 is 6.83. The fourth-order valence-electron chi connectivity index (χ4n) is 4.20. The Morgan fingerprint density at radius 1 is 1.15 bits per heavy atom. The molecule has 2 fully saturated rings. The van der Waals surface area contributed by atoms with E-state index >= 15 is 0 Å². The molecule has 27 heavy (non-hydrogen) atoms. The molecule has 4 heterocycles. The van der Waals surface area contributed by atoms with Crippen LogP contribution in [0.4, 0.5) is 0 Å². The van der Waals surface area contributed by atoms with E-state index in [0.29, 0.717) is 32.5 Å². The predicted molar refractivity (Wildman–Crippen MR) is 97.9 cm³/mol. The Hall–Kier alpha value is -2.48. The third-order valence-electron chi connectivity index (χ3n) is 5.72. The second-order valence-corrected chi connectivity index (χ2v) is 7.29. The molecule has 2 aliphatic rings. The van der Waals surface area contributed by atoms with Crippen molar-refractivity contribution in [3.8, 4) is 0 Å². The third kappa shape index (κ3) is 3.53. The first kappa shape index (κ1) is 17.9. The smallest absolute Gasteiger partial charge is 0.308 e. The largest absolute Gasteiger partial charge is 0.469 e. The summed E-state index contributed by atoms with van der Waals surface area (Å²) in [6.07, 6.45) is 5.35. The van der Waals surface area contributed by atoms with Gasteiger partial charge in [-0.25, -0.2) is 0 Å². The average molecular weight is 371 g/mol. The van der Waals surface area contributed by atoms with Gasteiger partial charge in [0, 0.05) is 19.3 Å². The van der Waals surface area contributed by atoms with E-state index in [1.54, 1.807) is 0 Å². The quantitative estimate of drug-likeness (QED) is 0.753. The van der Waals surface area contributed by atoms with Gasteiger partial charge in [-0.3, -0.25) is 18.9 Å². The van der Waals surface area contributed by atoms with Crippen LogP contribution in [0.5, 0.6) is 0 Å². The van der Waals surface area contributed by atoms with Gasteiger partial charge in [-0.2, -0.15) is 0 Å². The van der Waals surface area contributed by atoms with E-state index < -0.39 is 0 Å². The summed E-state index contributed by atoms with van der Waals surface area (Å²) in [5.41, 5.74) is 0.829. The van der Waals surface area contributed by atoms with Crippen LogP contribution in [0.25, 0.3) is 5.65 Å². The van der Waals surface area contributed by atoms with E-state index in [4.69, 9.17) is 4.74 Å².